The number of ether oxygens (including phenoxy) is 3. The molecular formula is C23H22N2O7. The molecule has 3 rings (SSSR count). The number of carbonyl (C=O) groups is 3. The van der Waals surface area contributed by atoms with Crippen LogP contribution in [-0.4, -0.2) is 45.7 Å². The highest BCUT2D eigenvalue weighted by atomic mass is 16.5. The zero-order chi connectivity index (χ0) is 23.1. The third-order valence-electron chi connectivity index (χ3n) is 4.58. The van der Waals surface area contributed by atoms with Crippen molar-refractivity contribution in [1.82, 2.24) is 0 Å². The van der Waals surface area contributed by atoms with E-state index in [2.05, 4.69) is 5.32 Å². The van der Waals surface area contributed by atoms with Gasteiger partial charge in [0.1, 0.15) is 0 Å². The van der Waals surface area contributed by atoms with E-state index < -0.39 is 24.4 Å². The zero-order valence-electron chi connectivity index (χ0n) is 17.8. The highest BCUT2D eigenvalue weighted by molar-refractivity contribution is 6.07. The Kier molecular flexibility index (Phi) is 7.12. The largest absolute Gasteiger partial charge is 0.493 e. The summed E-state index contributed by atoms with van der Waals surface area (Å²) in [5.74, 6) is -1.22. The van der Waals surface area contributed by atoms with Crippen LogP contribution in [0.4, 0.5) is 11.4 Å². The lowest BCUT2D eigenvalue weighted by atomic mass is 10.1. The van der Waals surface area contributed by atoms with Gasteiger partial charge in [-0.25, -0.2) is 4.79 Å². The third kappa shape index (κ3) is 5.07. The fourth-order valence-corrected chi connectivity index (χ4v) is 2.84. The Balaban J connectivity index is 1.80. The molecule has 1 N–H and O–H groups in total. The van der Waals surface area contributed by atoms with Gasteiger partial charge in [0.15, 0.2) is 23.9 Å². The normalized spacial score (nSPS) is 10.2. The molecule has 0 aliphatic carbocycles. The number of anilines is 2. The first kappa shape index (κ1) is 22.4. The van der Waals surface area contributed by atoms with Gasteiger partial charge in [-0.15, -0.1) is 0 Å². The van der Waals surface area contributed by atoms with Gasteiger partial charge in [0.05, 0.1) is 31.7 Å². The molecule has 3 aromatic rings. The van der Waals surface area contributed by atoms with E-state index >= 15 is 0 Å². The standard InChI is InChI=1S/C23H22N2O7/c1-25(15-8-5-4-6-9-15)21(26)14-32-23(28)16-12-19(29-2)20(30-3)13-17(16)24-22(27)18-10-7-11-31-18/h4-13H,14H2,1-3H3,(H,24,27). The predicted molar refractivity (Wildman–Crippen MR) is 116 cm³/mol. The summed E-state index contributed by atoms with van der Waals surface area (Å²) in [6.07, 6.45) is 1.35. The van der Waals surface area contributed by atoms with Crippen molar-refractivity contribution in [1.29, 1.82) is 0 Å². The van der Waals surface area contributed by atoms with Gasteiger partial charge in [-0.3, -0.25) is 9.59 Å². The summed E-state index contributed by atoms with van der Waals surface area (Å²) >= 11 is 0. The molecule has 0 spiro atoms. The molecule has 0 saturated heterocycles. The van der Waals surface area contributed by atoms with Crippen LogP contribution in [-0.2, 0) is 9.53 Å². The summed E-state index contributed by atoms with van der Waals surface area (Å²) in [7, 11) is 4.41. The van der Waals surface area contributed by atoms with Crippen LogP contribution in [0.1, 0.15) is 20.9 Å². The maximum absolute atomic E-state index is 12.8. The minimum absolute atomic E-state index is 0.0160. The highest BCUT2D eigenvalue weighted by Crippen LogP contribution is 2.34. The van der Waals surface area contributed by atoms with E-state index in [1.165, 1.54) is 43.6 Å². The van der Waals surface area contributed by atoms with E-state index in [-0.39, 0.29) is 22.8 Å². The first-order valence-electron chi connectivity index (χ1n) is 9.54. The van der Waals surface area contributed by atoms with Crippen LogP contribution < -0.4 is 19.7 Å². The number of likely N-dealkylation sites (N-methyl/N-ethyl adjacent to an activating group) is 1. The Morgan fingerprint density at radius 1 is 0.969 bits per heavy atom. The van der Waals surface area contributed by atoms with Gasteiger partial charge in [-0.2, -0.15) is 0 Å². The number of rotatable bonds is 8. The minimum atomic E-state index is -0.824. The first-order chi connectivity index (χ1) is 15.4. The van der Waals surface area contributed by atoms with Gasteiger partial charge in [-0.05, 0) is 24.3 Å². The molecule has 32 heavy (non-hydrogen) atoms. The molecule has 0 bridgehead atoms. The van der Waals surface area contributed by atoms with E-state index in [1.54, 1.807) is 37.4 Å². The maximum Gasteiger partial charge on any atom is 0.340 e. The number of furan rings is 1. The van der Waals surface area contributed by atoms with E-state index in [0.29, 0.717) is 11.4 Å². The number of nitrogens with one attached hydrogen (secondary N) is 1. The van der Waals surface area contributed by atoms with Crippen molar-refractivity contribution in [2.45, 2.75) is 0 Å². The molecule has 0 radical (unpaired) electrons. The molecule has 1 heterocycles. The molecule has 166 valence electrons. The van der Waals surface area contributed by atoms with Gasteiger partial charge in [0, 0.05) is 24.9 Å². The summed E-state index contributed by atoms with van der Waals surface area (Å²) in [6.45, 7) is -0.496. The van der Waals surface area contributed by atoms with Crippen molar-refractivity contribution >= 4 is 29.2 Å². The van der Waals surface area contributed by atoms with E-state index in [4.69, 9.17) is 18.6 Å². The highest BCUT2D eigenvalue weighted by Gasteiger charge is 2.22. The number of nitrogens with zero attached hydrogens (tertiary/aromatic N) is 1. The maximum atomic E-state index is 12.8. The van der Waals surface area contributed by atoms with Gasteiger partial charge >= 0.3 is 5.97 Å². The fraction of sp³-hybridized carbons (Fsp3) is 0.174. The van der Waals surface area contributed by atoms with Crippen molar-refractivity contribution in [2.75, 3.05) is 38.1 Å². The van der Waals surface area contributed by atoms with Gasteiger partial charge < -0.3 is 28.8 Å². The van der Waals surface area contributed by atoms with Gasteiger partial charge in [-0.1, -0.05) is 18.2 Å². The quantitative estimate of drug-likeness (QED) is 0.537. The van der Waals surface area contributed by atoms with Crippen molar-refractivity contribution in [3.63, 3.8) is 0 Å². The van der Waals surface area contributed by atoms with E-state index in [1.807, 2.05) is 6.07 Å². The second-order valence-electron chi connectivity index (χ2n) is 6.55. The molecule has 0 fully saturated rings. The molecule has 0 saturated carbocycles. The molecule has 0 aliphatic rings. The molecule has 0 atom stereocenters. The monoisotopic (exact) mass is 438 g/mol. The molecule has 0 aliphatic heterocycles. The van der Waals surface area contributed by atoms with E-state index in [9.17, 15) is 14.4 Å². The number of methoxy groups -OCH3 is 2. The Morgan fingerprint density at radius 2 is 1.66 bits per heavy atom. The minimum Gasteiger partial charge on any atom is -0.493 e. The van der Waals surface area contributed by atoms with Crippen molar-refractivity contribution < 1.29 is 33.0 Å². The molecule has 2 amide bonds. The van der Waals surface area contributed by atoms with Crippen molar-refractivity contribution in [3.05, 3.63) is 72.2 Å². The summed E-state index contributed by atoms with van der Waals surface area (Å²) in [5.41, 5.74) is 0.752. The Hall–Kier alpha value is -4.27. The van der Waals surface area contributed by atoms with Gasteiger partial charge in [0.2, 0.25) is 0 Å². The summed E-state index contributed by atoms with van der Waals surface area (Å²) in [6, 6.07) is 14.8. The number of hydrogen-bond acceptors (Lipinski definition) is 7. The first-order valence-corrected chi connectivity index (χ1v) is 9.54. The lowest BCUT2D eigenvalue weighted by molar-refractivity contribution is -0.121. The third-order valence-corrected chi connectivity index (χ3v) is 4.58. The predicted octanol–water partition coefficient (Wildman–Crippen LogP) is 3.37. The van der Waals surface area contributed by atoms with Crippen LogP contribution in [0, 0.1) is 0 Å². The van der Waals surface area contributed by atoms with E-state index in [0.717, 1.165) is 0 Å². The molecule has 9 heteroatoms. The zero-order valence-corrected chi connectivity index (χ0v) is 17.8. The van der Waals surface area contributed by atoms with Crippen molar-refractivity contribution in [2.24, 2.45) is 0 Å². The number of benzene rings is 2. The average Bonchev–Trinajstić information content (AvgIpc) is 3.37. The molecule has 0 unspecified atom stereocenters. The molecule has 2 aromatic carbocycles. The summed E-state index contributed by atoms with van der Waals surface area (Å²) in [4.78, 5) is 39.0. The number of amides is 2. The second-order valence-corrected chi connectivity index (χ2v) is 6.55. The number of esters is 1. The van der Waals surface area contributed by atoms with Crippen molar-refractivity contribution in [3.8, 4) is 11.5 Å². The van der Waals surface area contributed by atoms with Crippen LogP contribution in [0.25, 0.3) is 0 Å². The average molecular weight is 438 g/mol. The van der Waals surface area contributed by atoms with Crippen LogP contribution >= 0.6 is 0 Å². The number of para-hydroxylation sites is 1. The smallest absolute Gasteiger partial charge is 0.340 e. The fourth-order valence-electron chi connectivity index (χ4n) is 2.84. The Bertz CT molecular complexity index is 1100. The Labute approximate surface area is 184 Å². The lowest BCUT2D eigenvalue weighted by Crippen LogP contribution is -2.31. The van der Waals surface area contributed by atoms with Crippen LogP contribution in [0.5, 0.6) is 11.5 Å². The summed E-state index contributed by atoms with van der Waals surface area (Å²) < 4.78 is 20.8. The van der Waals surface area contributed by atoms with Crippen LogP contribution in [0.15, 0.2) is 65.3 Å². The van der Waals surface area contributed by atoms with Crippen LogP contribution in [0.2, 0.25) is 0 Å². The molecule has 1 aromatic heterocycles. The second kappa shape index (κ2) is 10.2. The topological polar surface area (TPSA) is 107 Å². The summed E-state index contributed by atoms with van der Waals surface area (Å²) in [5, 5.41) is 2.59. The lowest BCUT2D eigenvalue weighted by Gasteiger charge is -2.18. The SMILES string of the molecule is COc1cc(NC(=O)c2ccco2)c(C(=O)OCC(=O)N(C)c2ccccc2)cc1OC. The Morgan fingerprint density at radius 3 is 2.28 bits per heavy atom. The number of carbonyl (C=O) groups excluding carboxylic acids is 3. The molecular weight excluding hydrogens is 416 g/mol. The van der Waals surface area contributed by atoms with Gasteiger partial charge in [0.25, 0.3) is 11.8 Å². The molecule has 9 nitrogen and oxygen atoms in total. The van der Waals surface area contributed by atoms with Crippen LogP contribution in [0.3, 0.4) is 0 Å². The number of hydrogen-bond donors (Lipinski definition) is 1.